The van der Waals surface area contributed by atoms with Gasteiger partial charge in [0.15, 0.2) is 12.6 Å². The highest BCUT2D eigenvalue weighted by Gasteiger charge is 2.23. The average molecular weight is 425 g/mol. The molecule has 0 saturated heterocycles. The van der Waals surface area contributed by atoms with E-state index in [1.807, 2.05) is 55.5 Å². The molecule has 1 fully saturated rings. The van der Waals surface area contributed by atoms with Crippen molar-refractivity contribution in [3.05, 3.63) is 59.7 Å². The third-order valence-electron chi connectivity index (χ3n) is 4.66. The summed E-state index contributed by atoms with van der Waals surface area (Å²) in [5, 5.41) is 9.44. The third-order valence-corrected chi connectivity index (χ3v) is 4.66. The smallest absolute Gasteiger partial charge is 0.258 e. The van der Waals surface area contributed by atoms with E-state index in [4.69, 9.17) is 9.47 Å². The molecule has 3 rings (SSSR count). The van der Waals surface area contributed by atoms with E-state index in [0.29, 0.717) is 31.5 Å². The molecule has 2 aromatic carbocycles. The van der Waals surface area contributed by atoms with Crippen molar-refractivity contribution in [1.82, 2.24) is 16.0 Å². The van der Waals surface area contributed by atoms with Crippen LogP contribution in [0.3, 0.4) is 0 Å². The van der Waals surface area contributed by atoms with Gasteiger partial charge in [0.25, 0.3) is 5.91 Å². The first-order chi connectivity index (χ1) is 15.1. The number of aliphatic imine (C=N–C) groups is 1. The fourth-order valence-corrected chi connectivity index (χ4v) is 2.86. The molecule has 166 valence electrons. The van der Waals surface area contributed by atoms with E-state index < -0.39 is 0 Å². The summed E-state index contributed by atoms with van der Waals surface area (Å²) in [5.41, 5.74) is 2.22. The number of hydrogen-bond donors (Lipinski definition) is 3. The minimum atomic E-state index is -0.0718. The van der Waals surface area contributed by atoms with Crippen molar-refractivity contribution >= 4 is 11.9 Å². The van der Waals surface area contributed by atoms with Crippen LogP contribution < -0.4 is 25.4 Å². The molecule has 0 aromatic heterocycles. The van der Waals surface area contributed by atoms with Gasteiger partial charge in [-0.2, -0.15) is 0 Å². The summed E-state index contributed by atoms with van der Waals surface area (Å²) >= 11 is 0. The second kappa shape index (κ2) is 11.8. The molecule has 2 aromatic rings. The van der Waals surface area contributed by atoms with Crippen molar-refractivity contribution in [2.45, 2.75) is 39.3 Å². The molecule has 1 aliphatic rings. The summed E-state index contributed by atoms with van der Waals surface area (Å²) in [6, 6.07) is 16.0. The van der Waals surface area contributed by atoms with E-state index in [1.165, 1.54) is 5.56 Å². The number of nitrogens with zero attached hydrogens (tertiary/aromatic N) is 1. The van der Waals surface area contributed by atoms with Gasteiger partial charge in [-0.15, -0.1) is 0 Å². The van der Waals surface area contributed by atoms with Gasteiger partial charge in [0.2, 0.25) is 0 Å². The Hall–Kier alpha value is -3.22. The van der Waals surface area contributed by atoms with Crippen LogP contribution in [0.15, 0.2) is 53.5 Å². The van der Waals surface area contributed by atoms with Gasteiger partial charge in [0.05, 0.1) is 13.1 Å². The molecular weight excluding hydrogens is 392 g/mol. The second-order valence-corrected chi connectivity index (χ2v) is 7.56. The number of rotatable bonds is 11. The first-order valence-corrected chi connectivity index (χ1v) is 10.8. The maximum Gasteiger partial charge on any atom is 0.258 e. The number of aryl methyl sites for hydroxylation is 1. The number of benzene rings is 2. The zero-order chi connectivity index (χ0) is 21.9. The van der Waals surface area contributed by atoms with Crippen LogP contribution in [0.25, 0.3) is 0 Å². The lowest BCUT2D eigenvalue weighted by Gasteiger charge is -2.12. The molecule has 0 bridgehead atoms. The molecule has 7 nitrogen and oxygen atoms in total. The van der Waals surface area contributed by atoms with E-state index in [0.717, 1.165) is 36.7 Å². The number of carbonyl (C=O) groups is 1. The molecule has 0 atom stereocenters. The van der Waals surface area contributed by atoms with Crippen LogP contribution in [0.5, 0.6) is 11.5 Å². The number of amides is 1. The zero-order valence-electron chi connectivity index (χ0n) is 18.3. The van der Waals surface area contributed by atoms with Crippen LogP contribution in [0, 0.1) is 6.92 Å². The minimum Gasteiger partial charge on any atom is -0.492 e. The summed E-state index contributed by atoms with van der Waals surface area (Å²) < 4.78 is 11.4. The molecule has 0 unspecified atom stereocenters. The SMILES string of the molecule is CCNC(=NCc1cccc(OCC(=O)NC2CC2)c1)NCCOc1ccc(C)cc1. The Labute approximate surface area is 184 Å². The highest BCUT2D eigenvalue weighted by molar-refractivity contribution is 5.79. The van der Waals surface area contributed by atoms with E-state index >= 15 is 0 Å². The monoisotopic (exact) mass is 424 g/mol. The van der Waals surface area contributed by atoms with Crippen molar-refractivity contribution in [1.29, 1.82) is 0 Å². The summed E-state index contributed by atoms with van der Waals surface area (Å²) in [6.07, 6.45) is 2.14. The van der Waals surface area contributed by atoms with Gasteiger partial charge in [0, 0.05) is 12.6 Å². The summed E-state index contributed by atoms with van der Waals surface area (Å²) in [4.78, 5) is 16.4. The van der Waals surface area contributed by atoms with Crippen LogP contribution in [-0.2, 0) is 11.3 Å². The van der Waals surface area contributed by atoms with E-state index in [9.17, 15) is 4.79 Å². The second-order valence-electron chi connectivity index (χ2n) is 7.56. The molecule has 3 N–H and O–H groups in total. The average Bonchev–Trinajstić information content (AvgIpc) is 3.59. The van der Waals surface area contributed by atoms with Crippen molar-refractivity contribution in [3.63, 3.8) is 0 Å². The van der Waals surface area contributed by atoms with Gasteiger partial charge in [0.1, 0.15) is 18.1 Å². The van der Waals surface area contributed by atoms with Crippen LogP contribution in [-0.4, -0.2) is 44.2 Å². The molecule has 0 heterocycles. The molecular formula is C24H32N4O3. The molecule has 1 aliphatic carbocycles. The number of carbonyl (C=O) groups excluding carboxylic acids is 1. The summed E-state index contributed by atoms with van der Waals surface area (Å²) in [7, 11) is 0. The molecule has 1 saturated carbocycles. The minimum absolute atomic E-state index is 0.0361. The fraction of sp³-hybridized carbons (Fsp3) is 0.417. The Bertz CT molecular complexity index is 863. The number of hydrogen-bond acceptors (Lipinski definition) is 4. The number of guanidine groups is 1. The highest BCUT2D eigenvalue weighted by Crippen LogP contribution is 2.18. The van der Waals surface area contributed by atoms with E-state index in [2.05, 4.69) is 27.9 Å². The maximum atomic E-state index is 11.8. The first-order valence-electron chi connectivity index (χ1n) is 10.8. The Morgan fingerprint density at radius 2 is 1.87 bits per heavy atom. The van der Waals surface area contributed by atoms with Gasteiger partial charge in [-0.25, -0.2) is 4.99 Å². The standard InChI is InChI=1S/C24H32N4O3/c1-3-25-24(26-13-14-30-21-11-7-18(2)8-12-21)27-16-19-5-4-6-22(15-19)31-17-23(29)28-20-9-10-20/h4-8,11-12,15,20H,3,9-10,13-14,16-17H2,1-2H3,(H,28,29)(H2,25,26,27). The van der Waals surface area contributed by atoms with Crippen molar-refractivity contribution in [3.8, 4) is 11.5 Å². The zero-order valence-corrected chi connectivity index (χ0v) is 18.3. The van der Waals surface area contributed by atoms with E-state index in [-0.39, 0.29) is 12.5 Å². The van der Waals surface area contributed by atoms with Crippen LogP contribution >= 0.6 is 0 Å². The Balaban J connectivity index is 1.43. The summed E-state index contributed by atoms with van der Waals surface area (Å²) in [5.74, 6) is 2.18. The topological polar surface area (TPSA) is 84.0 Å². The van der Waals surface area contributed by atoms with Crippen molar-refractivity contribution < 1.29 is 14.3 Å². The van der Waals surface area contributed by atoms with Gasteiger partial charge < -0.3 is 25.4 Å². The number of nitrogens with one attached hydrogen (secondary N) is 3. The van der Waals surface area contributed by atoms with Gasteiger partial charge in [-0.3, -0.25) is 4.79 Å². The fourth-order valence-electron chi connectivity index (χ4n) is 2.86. The molecule has 0 aliphatic heterocycles. The third kappa shape index (κ3) is 8.58. The molecule has 0 radical (unpaired) electrons. The number of ether oxygens (including phenoxy) is 2. The lowest BCUT2D eigenvalue weighted by atomic mass is 10.2. The quantitative estimate of drug-likeness (QED) is 0.294. The Morgan fingerprint density at radius 3 is 2.61 bits per heavy atom. The lowest BCUT2D eigenvalue weighted by molar-refractivity contribution is -0.123. The van der Waals surface area contributed by atoms with Crippen LogP contribution in [0.1, 0.15) is 30.9 Å². The molecule has 0 spiro atoms. The molecule has 7 heteroatoms. The van der Waals surface area contributed by atoms with Crippen molar-refractivity contribution in [2.75, 3.05) is 26.3 Å². The van der Waals surface area contributed by atoms with Crippen LogP contribution in [0.4, 0.5) is 0 Å². The Kier molecular flexibility index (Phi) is 8.58. The van der Waals surface area contributed by atoms with E-state index in [1.54, 1.807) is 0 Å². The van der Waals surface area contributed by atoms with Gasteiger partial charge in [-0.05, 0) is 56.5 Å². The lowest BCUT2D eigenvalue weighted by Crippen LogP contribution is -2.39. The van der Waals surface area contributed by atoms with Crippen molar-refractivity contribution in [2.24, 2.45) is 4.99 Å². The molecule has 31 heavy (non-hydrogen) atoms. The predicted octanol–water partition coefficient (Wildman–Crippen LogP) is 2.79. The van der Waals surface area contributed by atoms with Gasteiger partial charge >= 0.3 is 0 Å². The molecule has 1 amide bonds. The largest absolute Gasteiger partial charge is 0.492 e. The predicted molar refractivity (Wildman–Crippen MR) is 123 cm³/mol. The summed E-state index contributed by atoms with van der Waals surface area (Å²) in [6.45, 7) is 6.57. The first kappa shape index (κ1) is 22.5. The van der Waals surface area contributed by atoms with Gasteiger partial charge in [-0.1, -0.05) is 29.8 Å². The maximum absolute atomic E-state index is 11.8. The normalized spacial score (nSPS) is 13.4. The highest BCUT2D eigenvalue weighted by atomic mass is 16.5. The Morgan fingerprint density at radius 1 is 1.06 bits per heavy atom. The van der Waals surface area contributed by atoms with Crippen LogP contribution in [0.2, 0.25) is 0 Å².